The van der Waals surface area contributed by atoms with E-state index in [0.29, 0.717) is 27.2 Å². The number of aryl methyl sites for hydroxylation is 1. The van der Waals surface area contributed by atoms with Crippen LogP contribution in [-0.4, -0.2) is 36.8 Å². The molecular formula is C20H18Cl2N2O5S. The Labute approximate surface area is 187 Å². The predicted octanol–water partition coefficient (Wildman–Crippen LogP) is 4.30. The number of hydrogen-bond donors (Lipinski definition) is 2. The van der Waals surface area contributed by atoms with Crippen LogP contribution < -0.4 is 15.4 Å². The van der Waals surface area contributed by atoms with Gasteiger partial charge in [0.25, 0.3) is 5.91 Å². The van der Waals surface area contributed by atoms with Crippen molar-refractivity contribution < 1.29 is 23.9 Å². The van der Waals surface area contributed by atoms with Gasteiger partial charge in [-0.1, -0.05) is 23.2 Å². The van der Waals surface area contributed by atoms with E-state index in [1.54, 1.807) is 37.3 Å². The number of esters is 1. The molecule has 2 aromatic carbocycles. The number of anilines is 2. The maximum Gasteiger partial charge on any atom is 0.307 e. The Bertz CT molecular complexity index is 1010. The van der Waals surface area contributed by atoms with E-state index >= 15 is 0 Å². The van der Waals surface area contributed by atoms with Gasteiger partial charge in [-0.3, -0.25) is 14.4 Å². The molecule has 0 spiro atoms. The Hall–Kier alpha value is -2.42. The number of thioether (sulfide) groups is 1. The number of fused-ring (bicyclic) bond motifs is 1. The smallest absolute Gasteiger partial charge is 0.307 e. The average Bonchev–Trinajstić information content (AvgIpc) is 2.69. The number of benzene rings is 2. The normalized spacial score (nSPS) is 15.1. The molecule has 30 heavy (non-hydrogen) atoms. The topological polar surface area (TPSA) is 93.7 Å². The molecule has 1 unspecified atom stereocenters. The molecule has 2 aromatic rings. The Balaban J connectivity index is 1.53. The highest BCUT2D eigenvalue weighted by Crippen LogP contribution is 2.38. The quantitative estimate of drug-likeness (QED) is 0.613. The molecule has 0 radical (unpaired) electrons. The molecule has 0 bridgehead atoms. The molecular weight excluding hydrogens is 451 g/mol. The standard InChI is InChI=1S/C20H18Cl2N2O5S/c1-10-5-13(15(28-2)7-12(10)22)23-18(25)9-29-19(26)8-17-20(27)24-14-6-11(21)3-4-16(14)30-17/h3-7,17H,8-9H2,1-2H3,(H,23,25)(H,24,27). The Morgan fingerprint density at radius 2 is 2.00 bits per heavy atom. The summed E-state index contributed by atoms with van der Waals surface area (Å²) in [5.41, 5.74) is 1.78. The van der Waals surface area contributed by atoms with Crippen LogP contribution in [0.25, 0.3) is 0 Å². The van der Waals surface area contributed by atoms with Crippen LogP contribution in [-0.2, 0) is 19.1 Å². The molecule has 0 saturated carbocycles. The summed E-state index contributed by atoms with van der Waals surface area (Å²) in [5.74, 6) is -1.13. The van der Waals surface area contributed by atoms with Gasteiger partial charge in [-0.2, -0.15) is 0 Å². The first-order valence-corrected chi connectivity index (χ1v) is 10.5. The lowest BCUT2D eigenvalue weighted by Gasteiger charge is -2.23. The van der Waals surface area contributed by atoms with E-state index in [0.717, 1.165) is 10.5 Å². The third-order valence-corrected chi connectivity index (χ3v) is 6.15. The third kappa shape index (κ3) is 5.38. The maximum atomic E-state index is 12.2. The average molecular weight is 469 g/mol. The van der Waals surface area contributed by atoms with Gasteiger partial charge in [0.05, 0.1) is 30.2 Å². The summed E-state index contributed by atoms with van der Waals surface area (Å²) < 4.78 is 10.2. The molecule has 2 amide bonds. The highest BCUT2D eigenvalue weighted by Gasteiger charge is 2.30. The fraction of sp³-hybridized carbons (Fsp3) is 0.250. The highest BCUT2D eigenvalue weighted by molar-refractivity contribution is 8.01. The summed E-state index contributed by atoms with van der Waals surface area (Å²) in [6, 6.07) is 8.37. The van der Waals surface area contributed by atoms with Crippen LogP contribution in [0.15, 0.2) is 35.2 Å². The van der Waals surface area contributed by atoms with Crippen LogP contribution in [0.2, 0.25) is 10.0 Å². The second kappa shape index (κ2) is 9.59. The van der Waals surface area contributed by atoms with E-state index in [4.69, 9.17) is 32.7 Å². The van der Waals surface area contributed by atoms with Crippen molar-refractivity contribution in [1.82, 2.24) is 0 Å². The van der Waals surface area contributed by atoms with E-state index in [9.17, 15) is 14.4 Å². The lowest BCUT2D eigenvalue weighted by atomic mass is 10.2. The summed E-state index contributed by atoms with van der Waals surface area (Å²) in [6.45, 7) is 1.30. The van der Waals surface area contributed by atoms with Gasteiger partial charge in [-0.25, -0.2) is 0 Å². The predicted molar refractivity (Wildman–Crippen MR) is 117 cm³/mol. The second-order valence-corrected chi connectivity index (χ2v) is 8.54. The second-order valence-electron chi connectivity index (χ2n) is 6.45. The van der Waals surface area contributed by atoms with E-state index in [-0.39, 0.29) is 12.3 Å². The molecule has 158 valence electrons. The largest absolute Gasteiger partial charge is 0.495 e. The molecule has 10 heteroatoms. The third-order valence-electron chi connectivity index (χ3n) is 4.23. The van der Waals surface area contributed by atoms with Crippen molar-refractivity contribution in [1.29, 1.82) is 0 Å². The van der Waals surface area contributed by atoms with E-state index < -0.39 is 23.7 Å². The number of carbonyl (C=O) groups is 3. The van der Waals surface area contributed by atoms with Gasteiger partial charge in [-0.05, 0) is 36.8 Å². The Morgan fingerprint density at radius 3 is 2.73 bits per heavy atom. The molecule has 1 aliphatic rings. The number of ether oxygens (including phenoxy) is 2. The fourth-order valence-electron chi connectivity index (χ4n) is 2.73. The van der Waals surface area contributed by atoms with Crippen molar-refractivity contribution in [2.24, 2.45) is 0 Å². The van der Waals surface area contributed by atoms with E-state index in [1.165, 1.54) is 18.9 Å². The van der Waals surface area contributed by atoms with Gasteiger partial charge in [0.1, 0.15) is 5.75 Å². The molecule has 1 atom stereocenters. The van der Waals surface area contributed by atoms with Gasteiger partial charge in [0.15, 0.2) is 6.61 Å². The number of carbonyl (C=O) groups excluding carboxylic acids is 3. The minimum absolute atomic E-state index is 0.171. The lowest BCUT2D eigenvalue weighted by Crippen LogP contribution is -2.32. The zero-order valence-corrected chi connectivity index (χ0v) is 18.4. The maximum absolute atomic E-state index is 12.2. The first-order valence-electron chi connectivity index (χ1n) is 8.83. The molecule has 0 fully saturated rings. The van der Waals surface area contributed by atoms with Crippen molar-refractivity contribution in [3.63, 3.8) is 0 Å². The van der Waals surface area contributed by atoms with E-state index in [2.05, 4.69) is 10.6 Å². The number of nitrogens with one attached hydrogen (secondary N) is 2. The molecule has 0 aromatic heterocycles. The molecule has 0 saturated heterocycles. The van der Waals surface area contributed by atoms with Gasteiger partial charge in [-0.15, -0.1) is 11.8 Å². The molecule has 0 aliphatic carbocycles. The zero-order valence-electron chi connectivity index (χ0n) is 16.1. The van der Waals surface area contributed by atoms with Crippen LogP contribution in [0.3, 0.4) is 0 Å². The minimum Gasteiger partial charge on any atom is -0.495 e. The minimum atomic E-state index is -0.659. The van der Waals surface area contributed by atoms with Gasteiger partial charge >= 0.3 is 5.97 Å². The van der Waals surface area contributed by atoms with Gasteiger partial charge in [0.2, 0.25) is 5.91 Å². The van der Waals surface area contributed by atoms with Gasteiger partial charge in [0, 0.05) is 21.0 Å². The number of amides is 2. The van der Waals surface area contributed by atoms with Crippen LogP contribution in [0.5, 0.6) is 5.75 Å². The number of hydrogen-bond acceptors (Lipinski definition) is 6. The summed E-state index contributed by atoms with van der Waals surface area (Å²) in [5, 5.41) is 5.69. The summed E-state index contributed by atoms with van der Waals surface area (Å²) >= 11 is 13.2. The van der Waals surface area contributed by atoms with Crippen molar-refractivity contribution in [2.45, 2.75) is 23.5 Å². The summed E-state index contributed by atoms with van der Waals surface area (Å²) in [6.07, 6.45) is -0.171. The van der Waals surface area contributed by atoms with E-state index in [1.807, 2.05) is 0 Å². The SMILES string of the molecule is COc1cc(Cl)c(C)cc1NC(=O)COC(=O)CC1Sc2ccc(Cl)cc2NC1=O. The number of halogens is 2. The fourth-order valence-corrected chi connectivity index (χ4v) is 4.13. The van der Waals surface area contributed by atoms with Crippen LogP contribution in [0.1, 0.15) is 12.0 Å². The van der Waals surface area contributed by atoms with Crippen molar-refractivity contribution in [3.05, 3.63) is 45.9 Å². The monoisotopic (exact) mass is 468 g/mol. The van der Waals surface area contributed by atoms with Crippen LogP contribution >= 0.6 is 35.0 Å². The lowest BCUT2D eigenvalue weighted by molar-refractivity contribution is -0.147. The first kappa shape index (κ1) is 22.3. The van der Waals surface area contributed by atoms with Crippen LogP contribution in [0.4, 0.5) is 11.4 Å². The number of rotatable bonds is 6. The first-order chi connectivity index (χ1) is 14.3. The molecule has 1 heterocycles. The van der Waals surface area contributed by atoms with Gasteiger partial charge < -0.3 is 20.1 Å². The van der Waals surface area contributed by atoms with Crippen molar-refractivity contribution in [3.8, 4) is 5.75 Å². The molecule has 7 nitrogen and oxygen atoms in total. The Morgan fingerprint density at radius 1 is 1.23 bits per heavy atom. The van der Waals surface area contributed by atoms with Crippen LogP contribution in [0, 0.1) is 6.92 Å². The zero-order chi connectivity index (χ0) is 21.8. The highest BCUT2D eigenvalue weighted by atomic mass is 35.5. The van der Waals surface area contributed by atoms with Crippen molar-refractivity contribution in [2.75, 3.05) is 24.4 Å². The Kier molecular flexibility index (Phi) is 7.12. The summed E-state index contributed by atoms with van der Waals surface area (Å²) in [4.78, 5) is 37.3. The molecule has 2 N–H and O–H groups in total. The van der Waals surface area contributed by atoms with Crippen molar-refractivity contribution >= 4 is 64.1 Å². The molecule has 1 aliphatic heterocycles. The summed E-state index contributed by atoms with van der Waals surface area (Å²) in [7, 11) is 1.45. The number of methoxy groups -OCH3 is 1. The molecule has 3 rings (SSSR count).